The topological polar surface area (TPSA) is 42.3 Å². The molecule has 0 bridgehead atoms. The number of hydrogen-bond donors (Lipinski definition) is 0. The summed E-state index contributed by atoms with van der Waals surface area (Å²) in [7, 11) is 0. The third-order valence-corrected chi connectivity index (χ3v) is 4.47. The van der Waals surface area contributed by atoms with E-state index in [1.807, 2.05) is 0 Å². The van der Waals surface area contributed by atoms with Gasteiger partial charge in [-0.2, -0.15) is 13.2 Å². The number of para-hydroxylation sites is 1. The molecule has 1 aliphatic heterocycles. The Morgan fingerprint density at radius 2 is 1.75 bits per heavy atom. The van der Waals surface area contributed by atoms with E-state index in [0.717, 1.165) is 12.8 Å². The van der Waals surface area contributed by atoms with E-state index in [4.69, 9.17) is 0 Å². The van der Waals surface area contributed by atoms with Crippen molar-refractivity contribution in [1.82, 2.24) is 9.47 Å². The summed E-state index contributed by atoms with van der Waals surface area (Å²) in [6, 6.07) is 6.38. The van der Waals surface area contributed by atoms with Gasteiger partial charge in [0.2, 0.25) is 5.91 Å². The lowest BCUT2D eigenvalue weighted by molar-refractivity contribution is -0.130. The first-order chi connectivity index (χ1) is 11.3. The molecule has 2 heterocycles. The van der Waals surface area contributed by atoms with E-state index in [2.05, 4.69) is 0 Å². The third-order valence-electron chi connectivity index (χ3n) is 4.47. The smallest absolute Gasteiger partial charge is 0.341 e. The molecule has 7 heteroatoms. The quantitative estimate of drug-likeness (QED) is 0.806. The highest BCUT2D eigenvalue weighted by molar-refractivity contribution is 6.12. The van der Waals surface area contributed by atoms with Crippen LogP contribution in [0.4, 0.5) is 13.2 Å². The van der Waals surface area contributed by atoms with E-state index in [0.29, 0.717) is 18.6 Å². The zero-order chi connectivity index (χ0) is 17.5. The molecule has 0 unspecified atom stereocenters. The zero-order valence-electron chi connectivity index (χ0n) is 13.2. The molecule has 0 atom stereocenters. The highest BCUT2D eigenvalue weighted by atomic mass is 19.4. The minimum absolute atomic E-state index is 0.0581. The summed E-state index contributed by atoms with van der Waals surface area (Å²) in [4.78, 5) is 25.9. The molecule has 128 valence electrons. The standard InChI is InChI=1S/C17H17F3N2O2/c1-11-15(16(24)17(18,19)20)12-6-2-3-7-13(12)22(11)10-14(23)21-8-4-5-9-21/h2-3,6-7H,4-5,8-10H2,1H3. The minimum Gasteiger partial charge on any atom is -0.341 e. The molecular weight excluding hydrogens is 321 g/mol. The van der Waals surface area contributed by atoms with Crippen molar-refractivity contribution in [3.05, 3.63) is 35.5 Å². The number of carbonyl (C=O) groups excluding carboxylic acids is 2. The maximum absolute atomic E-state index is 12.9. The Kier molecular flexibility index (Phi) is 4.11. The lowest BCUT2D eigenvalue weighted by Crippen LogP contribution is -2.31. The summed E-state index contributed by atoms with van der Waals surface area (Å²) >= 11 is 0. The molecule has 2 aromatic rings. The summed E-state index contributed by atoms with van der Waals surface area (Å²) in [6.45, 7) is 2.74. The molecule has 0 radical (unpaired) electrons. The van der Waals surface area contributed by atoms with E-state index in [1.54, 1.807) is 23.1 Å². The highest BCUT2D eigenvalue weighted by Gasteiger charge is 2.42. The first-order valence-electron chi connectivity index (χ1n) is 7.78. The summed E-state index contributed by atoms with van der Waals surface area (Å²) in [6.07, 6.45) is -3.07. The number of amides is 1. The Balaban J connectivity index is 2.07. The van der Waals surface area contributed by atoms with Gasteiger partial charge in [-0.1, -0.05) is 18.2 Å². The minimum atomic E-state index is -4.95. The predicted molar refractivity (Wildman–Crippen MR) is 82.9 cm³/mol. The van der Waals surface area contributed by atoms with Crippen LogP contribution in [0.1, 0.15) is 28.9 Å². The van der Waals surface area contributed by atoms with Gasteiger partial charge in [0.25, 0.3) is 5.78 Å². The molecule has 24 heavy (non-hydrogen) atoms. The maximum atomic E-state index is 12.9. The summed E-state index contributed by atoms with van der Waals surface area (Å²) in [5.41, 5.74) is 0.272. The van der Waals surface area contributed by atoms with Gasteiger partial charge in [-0.25, -0.2) is 0 Å². The number of alkyl halides is 3. The fraction of sp³-hybridized carbons (Fsp3) is 0.412. The number of carbonyl (C=O) groups is 2. The van der Waals surface area contributed by atoms with Crippen molar-refractivity contribution in [3.8, 4) is 0 Å². The molecule has 1 aliphatic rings. The lowest BCUT2D eigenvalue weighted by Gasteiger charge is -2.17. The molecule has 4 nitrogen and oxygen atoms in total. The number of rotatable bonds is 3. The molecule has 0 spiro atoms. The lowest BCUT2D eigenvalue weighted by atomic mass is 10.1. The van der Waals surface area contributed by atoms with Gasteiger partial charge in [0.15, 0.2) is 0 Å². The van der Waals surface area contributed by atoms with Crippen molar-refractivity contribution < 1.29 is 22.8 Å². The number of hydrogen-bond acceptors (Lipinski definition) is 2. The van der Waals surface area contributed by atoms with E-state index in [-0.39, 0.29) is 29.1 Å². The second-order valence-corrected chi connectivity index (χ2v) is 5.98. The average Bonchev–Trinajstić information content (AvgIpc) is 3.14. The number of halogens is 3. The van der Waals surface area contributed by atoms with E-state index < -0.39 is 12.0 Å². The van der Waals surface area contributed by atoms with Crippen molar-refractivity contribution >= 4 is 22.6 Å². The zero-order valence-corrected chi connectivity index (χ0v) is 13.2. The van der Waals surface area contributed by atoms with Crippen LogP contribution in [0.5, 0.6) is 0 Å². The van der Waals surface area contributed by atoms with Crippen LogP contribution in [0.15, 0.2) is 24.3 Å². The fourth-order valence-corrected chi connectivity index (χ4v) is 3.26. The summed E-state index contributed by atoms with van der Waals surface area (Å²) in [5, 5.41) is 0.228. The van der Waals surface area contributed by atoms with Gasteiger partial charge in [0, 0.05) is 29.7 Å². The number of ketones is 1. The number of benzene rings is 1. The van der Waals surface area contributed by atoms with Crippen molar-refractivity contribution in [2.45, 2.75) is 32.5 Å². The number of Topliss-reactive ketones (excluding diaryl/α,β-unsaturated/α-hetero) is 1. The molecule has 1 aromatic heterocycles. The van der Waals surface area contributed by atoms with Gasteiger partial charge in [-0.15, -0.1) is 0 Å². The van der Waals surface area contributed by atoms with E-state index >= 15 is 0 Å². The van der Waals surface area contributed by atoms with Crippen LogP contribution in [0.3, 0.4) is 0 Å². The number of nitrogens with zero attached hydrogens (tertiary/aromatic N) is 2. The van der Waals surface area contributed by atoms with Gasteiger partial charge in [-0.05, 0) is 25.8 Å². The van der Waals surface area contributed by atoms with Crippen LogP contribution in [0.2, 0.25) is 0 Å². The van der Waals surface area contributed by atoms with Gasteiger partial charge >= 0.3 is 6.18 Å². The largest absolute Gasteiger partial charge is 0.454 e. The Labute approximate surface area is 136 Å². The van der Waals surface area contributed by atoms with Crippen LogP contribution in [0, 0.1) is 6.92 Å². The number of fused-ring (bicyclic) bond motifs is 1. The van der Waals surface area contributed by atoms with Crippen LogP contribution in [-0.2, 0) is 11.3 Å². The van der Waals surface area contributed by atoms with Gasteiger partial charge in [0.05, 0.1) is 5.56 Å². The number of aromatic nitrogens is 1. The van der Waals surface area contributed by atoms with Crippen molar-refractivity contribution in [3.63, 3.8) is 0 Å². The molecule has 3 rings (SSSR count). The van der Waals surface area contributed by atoms with E-state index in [1.165, 1.54) is 17.6 Å². The molecule has 0 N–H and O–H groups in total. The first kappa shape index (κ1) is 16.5. The predicted octanol–water partition coefficient (Wildman–Crippen LogP) is 3.32. The van der Waals surface area contributed by atoms with Gasteiger partial charge in [0.1, 0.15) is 6.54 Å². The van der Waals surface area contributed by atoms with Crippen molar-refractivity contribution in [1.29, 1.82) is 0 Å². The second kappa shape index (κ2) is 5.96. The highest BCUT2D eigenvalue weighted by Crippen LogP contribution is 2.31. The van der Waals surface area contributed by atoms with Crippen LogP contribution >= 0.6 is 0 Å². The molecule has 1 saturated heterocycles. The van der Waals surface area contributed by atoms with Crippen LogP contribution in [-0.4, -0.2) is 40.4 Å². The fourth-order valence-electron chi connectivity index (χ4n) is 3.26. The number of likely N-dealkylation sites (tertiary alicyclic amines) is 1. The van der Waals surface area contributed by atoms with Gasteiger partial charge in [-0.3, -0.25) is 9.59 Å². The average molecular weight is 338 g/mol. The summed E-state index contributed by atoms with van der Waals surface area (Å²) in [5.74, 6) is -2.01. The van der Waals surface area contributed by atoms with Crippen molar-refractivity contribution in [2.24, 2.45) is 0 Å². The molecule has 0 aliphatic carbocycles. The van der Waals surface area contributed by atoms with E-state index in [9.17, 15) is 22.8 Å². The van der Waals surface area contributed by atoms with Crippen LogP contribution in [0.25, 0.3) is 10.9 Å². The van der Waals surface area contributed by atoms with Crippen molar-refractivity contribution in [2.75, 3.05) is 13.1 Å². The maximum Gasteiger partial charge on any atom is 0.454 e. The SMILES string of the molecule is Cc1c(C(=O)C(F)(F)F)c2ccccc2n1CC(=O)N1CCCC1. The Hall–Kier alpha value is -2.31. The molecule has 1 fully saturated rings. The molecule has 1 aromatic carbocycles. The first-order valence-corrected chi connectivity index (χ1v) is 7.78. The normalized spacial score (nSPS) is 15.2. The molecule has 0 saturated carbocycles. The molecular formula is C17H17F3N2O2. The van der Waals surface area contributed by atoms with Gasteiger partial charge < -0.3 is 9.47 Å². The Bertz CT molecular complexity index is 802. The van der Waals surface area contributed by atoms with Crippen LogP contribution < -0.4 is 0 Å². The monoisotopic (exact) mass is 338 g/mol. The Morgan fingerprint density at radius 1 is 1.12 bits per heavy atom. The second-order valence-electron chi connectivity index (χ2n) is 5.98. The Morgan fingerprint density at radius 3 is 2.38 bits per heavy atom. The third kappa shape index (κ3) is 2.79. The summed E-state index contributed by atoms with van der Waals surface area (Å²) < 4.78 is 40.3. The molecule has 1 amide bonds.